The van der Waals surface area contributed by atoms with Crippen LogP contribution in [0, 0.1) is 0 Å². The number of benzene rings is 6. The van der Waals surface area contributed by atoms with Crippen molar-refractivity contribution in [1.82, 2.24) is 0 Å². The third-order valence-corrected chi connectivity index (χ3v) is 11.8. The van der Waals surface area contributed by atoms with Crippen molar-refractivity contribution >= 4 is 66.7 Å². The largest absolute Gasteiger partial charge is 0.102 e. The van der Waals surface area contributed by atoms with Crippen molar-refractivity contribution in [3.8, 4) is 0 Å². The molecular formula is C36H32Cl3P2Pd+. The molecule has 6 rings (SSSR count). The minimum atomic E-state index is -0.877. The fraction of sp³-hybridized carbons (Fsp3) is 0. The number of halogens is 3. The average Bonchev–Trinajstić information content (AvgIpc) is 3.05. The van der Waals surface area contributed by atoms with Crippen LogP contribution in [0.15, 0.2) is 182 Å². The van der Waals surface area contributed by atoms with Crippen LogP contribution in [0.4, 0.5) is 0 Å². The Morgan fingerprint density at radius 3 is 0.524 bits per heavy atom. The minimum Gasteiger partial charge on any atom is -0.0620 e. The van der Waals surface area contributed by atoms with Crippen molar-refractivity contribution in [3.05, 3.63) is 182 Å². The summed E-state index contributed by atoms with van der Waals surface area (Å²) in [6.45, 7) is 0. The summed E-state index contributed by atoms with van der Waals surface area (Å²) in [6, 6.07) is 65.0. The summed E-state index contributed by atoms with van der Waals surface area (Å²) in [6.07, 6.45) is 0. The van der Waals surface area contributed by atoms with E-state index >= 15 is 0 Å². The molecule has 0 nitrogen and oxygen atoms in total. The predicted octanol–water partition coefficient (Wildman–Crippen LogP) is 4.73. The summed E-state index contributed by atoms with van der Waals surface area (Å²) in [4.78, 5) is 0. The normalized spacial score (nSPS) is 10.1. The van der Waals surface area contributed by atoms with Crippen molar-refractivity contribution in [3.63, 3.8) is 0 Å². The summed E-state index contributed by atoms with van der Waals surface area (Å²) in [5.41, 5.74) is 0. The molecule has 0 heterocycles. The van der Waals surface area contributed by atoms with Crippen LogP contribution in [-0.2, 0) is 15.9 Å². The van der Waals surface area contributed by atoms with Gasteiger partial charge in [-0.1, -0.05) is 109 Å². The molecular weight excluding hydrogens is 707 g/mol. The van der Waals surface area contributed by atoms with E-state index in [1.165, 1.54) is 31.8 Å². The fourth-order valence-corrected chi connectivity index (χ4v) is 9.78. The molecule has 0 aromatic heterocycles. The van der Waals surface area contributed by atoms with Gasteiger partial charge in [0.1, 0.15) is 31.8 Å². The Bertz CT molecular complexity index is 1200. The Balaban J connectivity index is 0.000000207. The van der Waals surface area contributed by atoms with Gasteiger partial charge in [0.25, 0.3) is 0 Å². The minimum absolute atomic E-state index is 0. The van der Waals surface area contributed by atoms with Gasteiger partial charge in [0.05, 0.1) is 15.8 Å². The van der Waals surface area contributed by atoms with Crippen LogP contribution in [0.1, 0.15) is 0 Å². The Morgan fingerprint density at radius 2 is 0.405 bits per heavy atom. The zero-order valence-corrected chi connectivity index (χ0v) is 28.6. The SMILES string of the molecule is [Cl-].[Cl][Pd][Cl].c1ccc([PH+](c2ccccc2)c2ccccc2)cc1.c1ccc([PH+](c2ccccc2)c2ccccc2)cc1. The van der Waals surface area contributed by atoms with Crippen LogP contribution < -0.4 is 44.2 Å². The molecule has 0 unspecified atom stereocenters. The monoisotopic (exact) mass is 737 g/mol. The first-order valence-electron chi connectivity index (χ1n) is 13.2. The van der Waals surface area contributed by atoms with Crippen LogP contribution in [0.2, 0.25) is 0 Å². The molecule has 6 aromatic rings. The molecule has 0 atom stereocenters. The van der Waals surface area contributed by atoms with Crippen LogP contribution >= 0.6 is 34.9 Å². The van der Waals surface area contributed by atoms with Gasteiger partial charge in [-0.3, -0.25) is 0 Å². The predicted molar refractivity (Wildman–Crippen MR) is 185 cm³/mol. The van der Waals surface area contributed by atoms with Crippen molar-refractivity contribution in [1.29, 1.82) is 0 Å². The third kappa shape index (κ3) is 10.5. The van der Waals surface area contributed by atoms with E-state index in [2.05, 4.69) is 182 Å². The van der Waals surface area contributed by atoms with Crippen LogP contribution in [-0.4, -0.2) is 0 Å². The Morgan fingerprint density at radius 1 is 0.286 bits per heavy atom. The van der Waals surface area contributed by atoms with Gasteiger partial charge < -0.3 is 12.4 Å². The van der Waals surface area contributed by atoms with Gasteiger partial charge in [-0.15, -0.1) is 0 Å². The quantitative estimate of drug-likeness (QED) is 0.171. The Hall–Kier alpha value is -2.29. The fourth-order valence-electron chi connectivity index (χ4n) is 4.63. The molecule has 0 aliphatic carbocycles. The molecule has 6 heteroatoms. The van der Waals surface area contributed by atoms with Crippen molar-refractivity contribution in [2.24, 2.45) is 0 Å². The third-order valence-electron chi connectivity index (χ3n) is 6.37. The molecule has 0 fully saturated rings. The van der Waals surface area contributed by atoms with Gasteiger partial charge in [0.2, 0.25) is 0 Å². The Kier molecular flexibility index (Phi) is 16.1. The van der Waals surface area contributed by atoms with E-state index in [1.54, 1.807) is 0 Å². The molecule has 0 radical (unpaired) electrons. The first-order chi connectivity index (χ1) is 20.3. The van der Waals surface area contributed by atoms with E-state index in [4.69, 9.17) is 19.1 Å². The van der Waals surface area contributed by atoms with Crippen LogP contribution in [0.25, 0.3) is 0 Å². The van der Waals surface area contributed by atoms with Crippen LogP contribution in [0.3, 0.4) is 0 Å². The van der Waals surface area contributed by atoms with Crippen LogP contribution in [0.5, 0.6) is 0 Å². The topological polar surface area (TPSA) is 0 Å². The number of hydrogen-bond acceptors (Lipinski definition) is 0. The molecule has 0 aliphatic heterocycles. The van der Waals surface area contributed by atoms with Gasteiger partial charge in [0.15, 0.2) is 0 Å². The summed E-state index contributed by atoms with van der Waals surface area (Å²) < 4.78 is 0. The second kappa shape index (κ2) is 19.8. The standard InChI is InChI=1S/2C18H15P.3ClH.Pd/c2*1-4-10-16(11-5-1)19(17-12-6-2-7-13-17)18-14-8-3-9-15-18;;;;/h2*1-15H;3*1H;/q;;;;;+2/p-1. The van der Waals surface area contributed by atoms with Gasteiger partial charge in [-0.25, -0.2) is 0 Å². The smallest absolute Gasteiger partial charge is 0.0620 e. The van der Waals surface area contributed by atoms with Gasteiger partial charge in [0, 0.05) is 0 Å². The molecule has 6 aromatic carbocycles. The maximum absolute atomic E-state index is 4.81. The molecule has 42 heavy (non-hydrogen) atoms. The maximum Gasteiger partial charge on any atom is 0.102 e. The molecule has 0 amide bonds. The summed E-state index contributed by atoms with van der Waals surface area (Å²) in [5, 5.41) is 8.61. The van der Waals surface area contributed by atoms with Crippen molar-refractivity contribution < 1.29 is 28.3 Å². The summed E-state index contributed by atoms with van der Waals surface area (Å²) >= 11 is -0.106. The van der Waals surface area contributed by atoms with E-state index in [0.29, 0.717) is 0 Å². The average molecular weight is 739 g/mol. The van der Waals surface area contributed by atoms with E-state index in [-0.39, 0.29) is 28.3 Å². The van der Waals surface area contributed by atoms with Gasteiger partial charge >= 0.3 is 35.0 Å². The molecule has 0 aliphatic rings. The molecule has 0 N–H and O–H groups in total. The van der Waals surface area contributed by atoms with Crippen molar-refractivity contribution in [2.75, 3.05) is 0 Å². The molecule has 216 valence electrons. The first-order valence-corrected chi connectivity index (χ1v) is 20.2. The first kappa shape index (κ1) is 34.2. The maximum atomic E-state index is 4.81. The Labute approximate surface area is 275 Å². The van der Waals surface area contributed by atoms with E-state index in [9.17, 15) is 0 Å². The molecule has 0 spiro atoms. The van der Waals surface area contributed by atoms with E-state index < -0.39 is 15.8 Å². The summed E-state index contributed by atoms with van der Waals surface area (Å²) in [5.74, 6) is 0. The summed E-state index contributed by atoms with van der Waals surface area (Å²) in [7, 11) is 7.87. The van der Waals surface area contributed by atoms with Crippen molar-refractivity contribution in [2.45, 2.75) is 0 Å². The molecule has 0 bridgehead atoms. The van der Waals surface area contributed by atoms with E-state index in [0.717, 1.165) is 0 Å². The van der Waals surface area contributed by atoms with E-state index in [1.807, 2.05) is 0 Å². The number of hydrogen-bond donors (Lipinski definition) is 0. The number of rotatable bonds is 6. The zero-order chi connectivity index (χ0) is 28.5. The molecule has 0 saturated heterocycles. The van der Waals surface area contributed by atoms with Gasteiger partial charge in [-0.05, 0) is 72.8 Å². The molecule has 0 saturated carbocycles. The van der Waals surface area contributed by atoms with Gasteiger partial charge in [-0.2, -0.15) is 0 Å². The second-order valence-electron chi connectivity index (χ2n) is 8.99. The second-order valence-corrected chi connectivity index (χ2v) is 16.3. The zero-order valence-electron chi connectivity index (χ0n) is 22.8.